The van der Waals surface area contributed by atoms with Crippen LogP contribution in [0, 0.1) is 12.7 Å². The molecule has 17 aromatic rings. The number of aliphatic carboxylic acids is 2. The quantitative estimate of drug-likeness (QED) is 0.0297. The van der Waals surface area contributed by atoms with Crippen LogP contribution in [0.1, 0.15) is 66.7 Å². The second kappa shape index (κ2) is 43.8. The Morgan fingerprint density at radius 2 is 0.744 bits per heavy atom. The highest BCUT2D eigenvalue weighted by Gasteiger charge is 2.19. The average molecular weight is 1750 g/mol. The molecule has 26 heteroatoms. The zero-order valence-corrected chi connectivity index (χ0v) is 70.1. The van der Waals surface area contributed by atoms with Crippen LogP contribution in [0.5, 0.6) is 57.5 Å². The Bertz CT molecular complexity index is 6830. The molecule has 0 spiro atoms. The molecule has 0 atom stereocenters. The molecule has 5 N–H and O–H groups in total. The summed E-state index contributed by atoms with van der Waals surface area (Å²) >= 11 is 6.26. The largest absolute Gasteiger partial charge is 0.489 e. The van der Waals surface area contributed by atoms with Crippen LogP contribution in [0.2, 0.25) is 5.02 Å². The summed E-state index contributed by atoms with van der Waals surface area (Å²) in [7, 11) is 0. The van der Waals surface area contributed by atoms with Crippen LogP contribution in [0.15, 0.2) is 331 Å². The number of halogens is 2. The number of pyridine rings is 4. The maximum Gasteiger partial charge on any atom is 0.371 e. The highest BCUT2D eigenvalue weighted by molar-refractivity contribution is 6.33. The van der Waals surface area contributed by atoms with Gasteiger partial charge in [-0.2, -0.15) is 0 Å². The number of para-hydroxylation sites is 5. The smallest absolute Gasteiger partial charge is 0.371 e. The van der Waals surface area contributed by atoms with Crippen LogP contribution >= 0.6 is 11.6 Å². The molecule has 0 saturated heterocycles. The van der Waals surface area contributed by atoms with Crippen LogP contribution in [0.3, 0.4) is 0 Å². The van der Waals surface area contributed by atoms with E-state index in [2.05, 4.69) is 19.9 Å². The van der Waals surface area contributed by atoms with Crippen LogP contribution < -0.4 is 58.5 Å². The van der Waals surface area contributed by atoms with Crippen molar-refractivity contribution in [2.45, 2.75) is 66.2 Å². The number of fused-ring (bicyclic) bond motifs is 5. The molecule has 5 aromatic heterocycles. The van der Waals surface area contributed by atoms with E-state index in [9.17, 15) is 28.4 Å². The number of carboxylic acids is 3. The van der Waals surface area contributed by atoms with E-state index in [0.717, 1.165) is 112 Å². The SMILES string of the molecule is Cc1cccc(COc2ccc(OCc3ccc4ccccc4n3)cc2)c1OCC(=O)O.NC(=O)COc1ccc(COc2ccc(OCc3ccc4ccccc4n3)cc2)cc1.O=C(O)Cc1ccc(OCc2ccc(OCc3ccc4ccccc4n3)cc2)c(F)c1.O=C(O)c1cc(=O)c2c(OCc3ccc(OCc4ccc5ccccc5n4)cc3)c(Cl)ccc2o1. The number of rotatable bonds is 33. The van der Waals surface area contributed by atoms with Gasteiger partial charge in [0, 0.05) is 33.2 Å². The normalized spacial score (nSPS) is 10.8. The monoisotopic (exact) mass is 1750 g/mol. The fraction of sp³-hybridized carbons (Fsp3) is 0.117. The molecule has 0 fully saturated rings. The number of hydrogen-bond acceptors (Lipinski definition) is 20. The van der Waals surface area contributed by atoms with Gasteiger partial charge in [-0.05, 0) is 192 Å². The Morgan fingerprint density at radius 1 is 0.364 bits per heavy atom. The first-order valence-electron chi connectivity index (χ1n) is 40.5. The molecule has 0 bridgehead atoms. The van der Waals surface area contributed by atoms with Gasteiger partial charge in [0.25, 0.3) is 5.91 Å². The third kappa shape index (κ3) is 25.9. The Kier molecular flexibility index (Phi) is 30.2. The van der Waals surface area contributed by atoms with E-state index in [4.69, 9.17) is 84.4 Å². The number of aryl methyl sites for hydroxylation is 1. The van der Waals surface area contributed by atoms with E-state index in [1.54, 1.807) is 18.2 Å². The highest BCUT2D eigenvalue weighted by Crippen LogP contribution is 2.34. The molecule has 12 aromatic carbocycles. The number of aromatic nitrogens is 4. The number of carboxylic acid groups (broad SMARTS) is 3. The molecule has 0 aliphatic heterocycles. The number of primary amides is 1. The molecular weight excluding hydrogens is 1670 g/mol. The maximum absolute atomic E-state index is 14.1. The van der Waals surface area contributed by atoms with Gasteiger partial charge in [-0.3, -0.25) is 14.4 Å². The van der Waals surface area contributed by atoms with Gasteiger partial charge in [-0.1, -0.05) is 169 Å². The molecule has 0 radical (unpaired) electrons. The number of benzene rings is 12. The lowest BCUT2D eigenvalue weighted by Crippen LogP contribution is -2.19. The van der Waals surface area contributed by atoms with Crippen molar-refractivity contribution in [2.75, 3.05) is 13.2 Å². The first-order valence-corrected chi connectivity index (χ1v) is 40.9. The van der Waals surface area contributed by atoms with Gasteiger partial charge in [0.2, 0.25) is 5.76 Å². The van der Waals surface area contributed by atoms with Gasteiger partial charge < -0.3 is 72.8 Å². The molecule has 129 heavy (non-hydrogen) atoms. The molecule has 0 unspecified atom stereocenters. The molecule has 0 aliphatic carbocycles. The molecule has 5 heterocycles. The Labute approximate surface area is 743 Å². The molecular formula is C103H83ClFN5O19. The topological polar surface area (TPSA) is 329 Å². The van der Waals surface area contributed by atoms with E-state index in [1.165, 1.54) is 24.3 Å². The van der Waals surface area contributed by atoms with Gasteiger partial charge in [-0.15, -0.1) is 0 Å². The van der Waals surface area contributed by atoms with Crippen molar-refractivity contribution in [1.29, 1.82) is 0 Å². The first-order chi connectivity index (χ1) is 62.8. The number of carbonyl (C=O) groups excluding carboxylic acids is 1. The van der Waals surface area contributed by atoms with Gasteiger partial charge in [-0.25, -0.2) is 33.9 Å². The average Bonchev–Trinajstić information content (AvgIpc) is 0.777. The fourth-order valence-corrected chi connectivity index (χ4v) is 13.3. The zero-order chi connectivity index (χ0) is 89.8. The molecule has 0 saturated carbocycles. The van der Waals surface area contributed by atoms with Crippen molar-refractivity contribution in [3.05, 3.63) is 404 Å². The van der Waals surface area contributed by atoms with Gasteiger partial charge in [0.15, 0.2) is 36.0 Å². The van der Waals surface area contributed by atoms with E-state index in [-0.39, 0.29) is 60.3 Å². The van der Waals surface area contributed by atoms with Crippen molar-refractivity contribution >= 4 is 90.0 Å². The van der Waals surface area contributed by atoms with Gasteiger partial charge >= 0.3 is 17.9 Å². The van der Waals surface area contributed by atoms with Crippen molar-refractivity contribution in [1.82, 2.24) is 19.9 Å². The number of nitrogens with zero attached hydrogens (tertiary/aromatic N) is 4. The minimum atomic E-state index is -1.33. The molecule has 1 amide bonds. The van der Waals surface area contributed by atoms with Crippen molar-refractivity contribution in [3.8, 4) is 57.5 Å². The lowest BCUT2D eigenvalue weighted by atomic mass is 10.1. The lowest BCUT2D eigenvalue weighted by Gasteiger charge is -2.14. The van der Waals surface area contributed by atoms with Gasteiger partial charge in [0.1, 0.15) is 110 Å². The predicted molar refractivity (Wildman–Crippen MR) is 485 cm³/mol. The van der Waals surface area contributed by atoms with E-state index < -0.39 is 47.4 Å². The first kappa shape index (κ1) is 88.9. The highest BCUT2D eigenvalue weighted by atomic mass is 35.5. The molecule has 648 valence electrons. The van der Waals surface area contributed by atoms with Crippen molar-refractivity contribution in [2.24, 2.45) is 5.73 Å². The number of carbonyl (C=O) groups is 4. The van der Waals surface area contributed by atoms with E-state index in [0.29, 0.717) is 73.1 Å². The Balaban J connectivity index is 0.000000139. The van der Waals surface area contributed by atoms with E-state index in [1.807, 2.05) is 280 Å². The number of aromatic carboxylic acids is 1. The summed E-state index contributed by atoms with van der Waals surface area (Å²) in [5.41, 5.74) is 16.4. The third-order valence-corrected chi connectivity index (χ3v) is 19.8. The standard InChI is InChI=1S/C27H18ClNO6.C26H23NO5.C25H20FNO4.C25H22N2O4/c28-20-11-12-23-25(22(30)13-24(35-23)27(31)32)26(20)34-14-16-5-9-19(10-6-16)33-15-18-8-7-17-3-1-2-4-21(17)29-18;1-18-5-4-7-20(26(18)32-17-25(28)29)15-30-22-11-13-23(14-12-22)31-16-21-10-9-19-6-2-3-8-24(19)27-21;26-22-13-18(14-25(28)29)7-12-24(22)31-15-17-5-10-21(11-6-17)30-16-20-9-8-19-3-1-2-4-23(19)27-20;26-25(28)17-31-21-9-5-18(6-10-21)15-29-22-11-13-23(14-12-22)30-16-20-8-7-19-3-1-2-4-24(19)27-20/h1-13H,14-15H2,(H,31,32);2-14H,15-17H2,1H3,(H,28,29);1-13H,14-16H2,(H,28,29);1-14H,15-17H2,(H2,26,28). The Morgan fingerprint density at radius 3 is 1.15 bits per heavy atom. The summed E-state index contributed by atoms with van der Waals surface area (Å²) < 4.78 is 76.5. The van der Waals surface area contributed by atoms with Gasteiger partial charge in [0.05, 0.1) is 56.3 Å². The molecule has 17 rings (SSSR count). The molecule has 0 aliphatic rings. The third-order valence-electron chi connectivity index (χ3n) is 19.5. The number of ether oxygens (including phenoxy) is 10. The Hall–Kier alpha value is -16.4. The lowest BCUT2D eigenvalue weighted by molar-refractivity contribution is -0.139. The number of hydrogen-bond donors (Lipinski definition) is 4. The van der Waals surface area contributed by atoms with Crippen LogP contribution in [0.4, 0.5) is 4.39 Å². The number of amides is 1. The summed E-state index contributed by atoms with van der Waals surface area (Å²) in [5.74, 6) is 0.694. The molecule has 24 nitrogen and oxygen atoms in total. The zero-order valence-electron chi connectivity index (χ0n) is 69.4. The second-order valence-corrected chi connectivity index (χ2v) is 29.4. The second-order valence-electron chi connectivity index (χ2n) is 29.0. The summed E-state index contributed by atoms with van der Waals surface area (Å²) in [5, 5.41) is 31.4. The van der Waals surface area contributed by atoms with Crippen molar-refractivity contribution < 1.29 is 90.7 Å². The summed E-state index contributed by atoms with van der Waals surface area (Å²) in [6, 6.07) is 98.2. The maximum atomic E-state index is 14.1. The summed E-state index contributed by atoms with van der Waals surface area (Å²) in [4.78, 5) is 74.4. The minimum Gasteiger partial charge on any atom is -0.489 e. The minimum absolute atomic E-state index is 0.0804. The summed E-state index contributed by atoms with van der Waals surface area (Å²) in [6.45, 7) is 3.79. The van der Waals surface area contributed by atoms with Crippen molar-refractivity contribution in [3.63, 3.8) is 0 Å². The van der Waals surface area contributed by atoms with E-state index >= 15 is 0 Å². The predicted octanol–water partition coefficient (Wildman–Crippen LogP) is 20.4. The van der Waals surface area contributed by atoms with Crippen LogP contribution in [-0.2, 0) is 73.7 Å². The summed E-state index contributed by atoms with van der Waals surface area (Å²) in [6.07, 6.45) is -0.229. The number of nitrogens with two attached hydrogens (primary N) is 1. The fourth-order valence-electron chi connectivity index (χ4n) is 13.0. The van der Waals surface area contributed by atoms with Crippen LogP contribution in [0.25, 0.3) is 54.6 Å². The van der Waals surface area contributed by atoms with Crippen LogP contribution in [-0.4, -0.2) is 72.3 Å².